The fourth-order valence-electron chi connectivity index (χ4n) is 1.54. The predicted molar refractivity (Wildman–Crippen MR) is 46.1 cm³/mol. The van der Waals surface area contributed by atoms with Gasteiger partial charge in [-0.2, -0.15) is 0 Å². The van der Waals surface area contributed by atoms with Crippen molar-refractivity contribution in [1.82, 2.24) is 0 Å². The van der Waals surface area contributed by atoms with E-state index in [9.17, 15) is 17.2 Å². The maximum Gasteiger partial charge on any atom is 0.252 e. The summed E-state index contributed by atoms with van der Waals surface area (Å²) in [5.41, 5.74) is 0. The highest BCUT2D eigenvalue weighted by Gasteiger charge is 2.30. The van der Waals surface area contributed by atoms with Crippen LogP contribution in [0.25, 0.3) is 0 Å². The fourth-order valence-corrected chi connectivity index (χ4v) is 3.02. The summed E-state index contributed by atoms with van der Waals surface area (Å²) in [4.78, 5) is 0. The molecule has 0 saturated heterocycles. The maximum atomic E-state index is 11.9. The Bertz CT molecular complexity index is 243. The summed E-state index contributed by atoms with van der Waals surface area (Å²) < 4.78 is 46.3. The molecule has 1 radical (unpaired) electrons. The molecule has 1 aliphatic carbocycles. The first-order valence-corrected chi connectivity index (χ1v) is 6.03. The monoisotopic (exact) mass is 211 g/mol. The van der Waals surface area contributed by atoms with Gasteiger partial charge in [0.15, 0.2) is 9.84 Å². The molecule has 0 unspecified atom stereocenters. The molecule has 2 nitrogen and oxygen atoms in total. The average Bonchev–Trinajstić information content (AvgIpc) is 2.04. The zero-order valence-electron chi connectivity index (χ0n) is 7.30. The molecule has 0 N–H and O–H groups in total. The molecule has 13 heavy (non-hydrogen) atoms. The molecule has 1 aliphatic rings. The van der Waals surface area contributed by atoms with Gasteiger partial charge in [0.05, 0.1) is 5.25 Å². The van der Waals surface area contributed by atoms with Gasteiger partial charge < -0.3 is 0 Å². The zero-order chi connectivity index (χ0) is 9.90. The van der Waals surface area contributed by atoms with Crippen LogP contribution in [0.4, 0.5) is 8.78 Å². The van der Waals surface area contributed by atoms with E-state index in [4.69, 9.17) is 0 Å². The van der Waals surface area contributed by atoms with E-state index in [0.29, 0.717) is 18.1 Å². The molecular weight excluding hydrogens is 198 g/mol. The molecule has 0 amide bonds. The van der Waals surface area contributed by atoms with Crippen LogP contribution in [0.2, 0.25) is 0 Å². The third kappa shape index (κ3) is 3.21. The van der Waals surface area contributed by atoms with E-state index >= 15 is 0 Å². The van der Waals surface area contributed by atoms with Gasteiger partial charge in [-0.25, -0.2) is 17.2 Å². The molecule has 1 saturated carbocycles. The Morgan fingerprint density at radius 2 is 1.69 bits per heavy atom. The van der Waals surface area contributed by atoms with E-state index in [2.05, 4.69) is 0 Å². The second kappa shape index (κ2) is 4.35. The molecule has 0 bridgehead atoms. The molecule has 0 aromatic rings. The summed E-state index contributed by atoms with van der Waals surface area (Å²) in [6, 6.07) is 0. The Morgan fingerprint density at radius 1 is 1.15 bits per heavy atom. The second-order valence-electron chi connectivity index (χ2n) is 3.27. The number of hydrogen-bond donors (Lipinski definition) is 0. The van der Waals surface area contributed by atoms with Crippen LogP contribution >= 0.6 is 0 Å². The fraction of sp³-hybridized carbons (Fsp3) is 0.875. The normalized spacial score (nSPS) is 20.8. The molecule has 0 aromatic heterocycles. The molecule has 0 spiro atoms. The lowest BCUT2D eigenvalue weighted by Crippen LogP contribution is -2.22. The highest BCUT2D eigenvalue weighted by molar-refractivity contribution is 7.94. The van der Waals surface area contributed by atoms with Crippen LogP contribution in [-0.4, -0.2) is 20.6 Å². The zero-order valence-corrected chi connectivity index (χ0v) is 8.12. The Hall–Kier alpha value is -0.190. The summed E-state index contributed by atoms with van der Waals surface area (Å²) >= 11 is 0. The third-order valence-electron chi connectivity index (χ3n) is 2.20. The Morgan fingerprint density at radius 3 is 2.15 bits per heavy atom. The van der Waals surface area contributed by atoms with Crippen LogP contribution in [0.1, 0.15) is 32.1 Å². The van der Waals surface area contributed by atoms with E-state index in [1.165, 1.54) is 0 Å². The van der Waals surface area contributed by atoms with E-state index in [-0.39, 0.29) is 0 Å². The van der Waals surface area contributed by atoms with E-state index in [1.807, 2.05) is 0 Å². The summed E-state index contributed by atoms with van der Waals surface area (Å²) in [6.07, 6.45) is 0.854. The van der Waals surface area contributed by atoms with Gasteiger partial charge in [-0.05, 0) is 12.8 Å². The lowest BCUT2D eigenvalue weighted by atomic mass is 10.0. The molecule has 1 rings (SSSR count). The molecule has 5 heteroatoms. The van der Waals surface area contributed by atoms with Crippen molar-refractivity contribution >= 4 is 9.84 Å². The number of rotatable bonds is 3. The van der Waals surface area contributed by atoms with Gasteiger partial charge in [-0.3, -0.25) is 0 Å². The van der Waals surface area contributed by atoms with Crippen LogP contribution in [0.5, 0.6) is 0 Å². The first-order valence-electron chi connectivity index (χ1n) is 4.38. The van der Waals surface area contributed by atoms with Crippen molar-refractivity contribution in [2.24, 2.45) is 0 Å². The van der Waals surface area contributed by atoms with Crippen molar-refractivity contribution in [3.8, 4) is 0 Å². The van der Waals surface area contributed by atoms with Crippen molar-refractivity contribution in [2.45, 2.75) is 38.5 Å². The molecule has 0 heterocycles. The van der Waals surface area contributed by atoms with Crippen LogP contribution in [-0.2, 0) is 9.84 Å². The van der Waals surface area contributed by atoms with Crippen LogP contribution in [0.15, 0.2) is 0 Å². The Kier molecular flexibility index (Phi) is 3.64. The average molecular weight is 211 g/mol. The molecule has 0 aliphatic heterocycles. The molecular formula is C8H13F2O2S. The van der Waals surface area contributed by atoms with Crippen LogP contribution < -0.4 is 0 Å². The van der Waals surface area contributed by atoms with Crippen LogP contribution in [0.3, 0.4) is 0 Å². The smallest absolute Gasteiger partial charge is 0.228 e. The van der Waals surface area contributed by atoms with Gasteiger partial charge in [-0.1, -0.05) is 19.3 Å². The maximum absolute atomic E-state index is 11.9. The van der Waals surface area contributed by atoms with E-state index < -0.39 is 22.0 Å². The minimum absolute atomic E-state index is 0.332. The minimum atomic E-state index is -3.62. The van der Waals surface area contributed by atoms with Gasteiger partial charge in [0.1, 0.15) is 5.75 Å². The number of sulfone groups is 1. The van der Waals surface area contributed by atoms with Gasteiger partial charge in [-0.15, -0.1) is 0 Å². The van der Waals surface area contributed by atoms with Crippen LogP contribution in [0, 0.1) is 5.25 Å². The van der Waals surface area contributed by atoms with Crippen molar-refractivity contribution in [2.75, 3.05) is 5.75 Å². The highest BCUT2D eigenvalue weighted by Crippen LogP contribution is 2.31. The standard InChI is InChI=1S/C8H13F2O2S/c9-8(10)6-13(11,12)7-4-2-1-3-5-7/h8H,1-6H2. The van der Waals surface area contributed by atoms with Gasteiger partial charge >= 0.3 is 0 Å². The van der Waals surface area contributed by atoms with Gasteiger partial charge in [0, 0.05) is 0 Å². The van der Waals surface area contributed by atoms with Crippen molar-refractivity contribution in [1.29, 1.82) is 0 Å². The first kappa shape index (κ1) is 10.9. The molecule has 77 valence electrons. The number of hydrogen-bond acceptors (Lipinski definition) is 2. The summed E-state index contributed by atoms with van der Waals surface area (Å²) in [5.74, 6) is -0.998. The molecule has 1 fully saturated rings. The topological polar surface area (TPSA) is 34.1 Å². The SMILES string of the molecule is O=S(=O)(CC(F)F)[C]1CCCCC1. The number of alkyl halides is 2. The van der Waals surface area contributed by atoms with Crippen molar-refractivity contribution in [3.63, 3.8) is 0 Å². The minimum Gasteiger partial charge on any atom is -0.228 e. The molecule has 0 atom stereocenters. The van der Waals surface area contributed by atoms with Crippen molar-refractivity contribution < 1.29 is 17.2 Å². The number of halogens is 2. The quantitative estimate of drug-likeness (QED) is 0.717. The summed E-state index contributed by atoms with van der Waals surface area (Å²) in [5, 5.41) is 0.332. The van der Waals surface area contributed by atoms with E-state index in [1.54, 1.807) is 0 Å². The van der Waals surface area contributed by atoms with Gasteiger partial charge in [0.2, 0.25) is 0 Å². The summed E-state index contributed by atoms with van der Waals surface area (Å²) in [6.45, 7) is 0. The third-order valence-corrected chi connectivity index (χ3v) is 4.18. The second-order valence-corrected chi connectivity index (χ2v) is 5.41. The Balaban J connectivity index is 2.57. The Labute approximate surface area is 77.2 Å². The predicted octanol–water partition coefficient (Wildman–Crippen LogP) is 2.16. The first-order chi connectivity index (χ1) is 6.02. The highest BCUT2D eigenvalue weighted by atomic mass is 32.2. The molecule has 0 aromatic carbocycles. The van der Waals surface area contributed by atoms with Gasteiger partial charge in [0.25, 0.3) is 6.43 Å². The van der Waals surface area contributed by atoms with E-state index in [0.717, 1.165) is 19.3 Å². The lowest BCUT2D eigenvalue weighted by molar-refractivity contribution is 0.174. The van der Waals surface area contributed by atoms with Crippen molar-refractivity contribution in [3.05, 3.63) is 5.25 Å². The summed E-state index contributed by atoms with van der Waals surface area (Å²) in [7, 11) is -3.62. The lowest BCUT2D eigenvalue weighted by Gasteiger charge is -2.20. The largest absolute Gasteiger partial charge is 0.252 e.